The molecule has 0 atom stereocenters. The minimum atomic E-state index is 0.0118. The lowest BCUT2D eigenvalue weighted by Gasteiger charge is -2.04. The number of unbranched alkanes of at least 4 members (excludes halogenated alkanes) is 12. The van der Waals surface area contributed by atoms with E-state index in [4.69, 9.17) is 4.74 Å². The third-order valence-electron chi connectivity index (χ3n) is 5.37. The monoisotopic (exact) mass is 364 g/mol. The topological polar surface area (TPSA) is 26.3 Å². The van der Waals surface area contributed by atoms with Crippen LogP contribution in [0.4, 0.5) is 0 Å². The first kappa shape index (κ1) is 23.2. The Kier molecular flexibility index (Phi) is 15.8. The number of esters is 1. The Bertz CT molecular complexity index is 344. The second-order valence-corrected chi connectivity index (χ2v) is 8.14. The molecule has 0 bridgehead atoms. The Balaban J connectivity index is 1.70. The third-order valence-corrected chi connectivity index (χ3v) is 5.37. The molecule has 1 rings (SSSR count). The standard InChI is InChI=1S/C24H44O2/c1-2-3-4-5-6-7-8-9-10-11-12-13-14-15-16-17-22-26-24(25)21-20-23-18-19-23/h12-13,23H,2-11,14-22H2,1H3/b13-12+. The van der Waals surface area contributed by atoms with Crippen molar-refractivity contribution in [3.63, 3.8) is 0 Å². The molecule has 1 aliphatic carbocycles. The molecule has 0 aromatic rings. The highest BCUT2D eigenvalue weighted by atomic mass is 16.5. The van der Waals surface area contributed by atoms with Gasteiger partial charge in [0.2, 0.25) is 0 Å². The van der Waals surface area contributed by atoms with Crippen LogP contribution < -0.4 is 0 Å². The summed E-state index contributed by atoms with van der Waals surface area (Å²) >= 11 is 0. The quantitative estimate of drug-likeness (QED) is 0.133. The van der Waals surface area contributed by atoms with Gasteiger partial charge in [-0.3, -0.25) is 4.79 Å². The van der Waals surface area contributed by atoms with E-state index < -0.39 is 0 Å². The number of carbonyl (C=O) groups is 1. The van der Waals surface area contributed by atoms with E-state index in [1.54, 1.807) is 0 Å². The van der Waals surface area contributed by atoms with Gasteiger partial charge in [0.25, 0.3) is 0 Å². The first-order valence-electron chi connectivity index (χ1n) is 11.6. The highest BCUT2D eigenvalue weighted by Gasteiger charge is 2.22. The van der Waals surface area contributed by atoms with Gasteiger partial charge in [0.1, 0.15) is 0 Å². The summed E-state index contributed by atoms with van der Waals surface area (Å²) in [5, 5.41) is 0. The van der Waals surface area contributed by atoms with Crippen LogP contribution >= 0.6 is 0 Å². The molecule has 0 saturated heterocycles. The lowest BCUT2D eigenvalue weighted by Crippen LogP contribution is -2.05. The Hall–Kier alpha value is -0.790. The smallest absolute Gasteiger partial charge is 0.305 e. The summed E-state index contributed by atoms with van der Waals surface area (Å²) in [6, 6.07) is 0. The minimum absolute atomic E-state index is 0.0118. The van der Waals surface area contributed by atoms with E-state index in [9.17, 15) is 4.79 Å². The van der Waals surface area contributed by atoms with Crippen molar-refractivity contribution in [1.82, 2.24) is 0 Å². The van der Waals surface area contributed by atoms with Crippen molar-refractivity contribution >= 4 is 5.97 Å². The zero-order valence-electron chi connectivity index (χ0n) is 17.5. The fraction of sp³-hybridized carbons (Fsp3) is 0.875. The van der Waals surface area contributed by atoms with Gasteiger partial charge in [-0.15, -0.1) is 0 Å². The van der Waals surface area contributed by atoms with Crippen molar-refractivity contribution in [1.29, 1.82) is 0 Å². The zero-order valence-corrected chi connectivity index (χ0v) is 17.5. The summed E-state index contributed by atoms with van der Waals surface area (Å²) in [5.41, 5.74) is 0. The fourth-order valence-electron chi connectivity index (χ4n) is 3.34. The lowest BCUT2D eigenvalue weighted by molar-refractivity contribution is -0.144. The molecule has 2 nitrogen and oxygen atoms in total. The minimum Gasteiger partial charge on any atom is -0.466 e. The molecule has 1 aliphatic rings. The molecule has 0 aromatic heterocycles. The van der Waals surface area contributed by atoms with Crippen LogP contribution in [0.5, 0.6) is 0 Å². The van der Waals surface area contributed by atoms with Crippen LogP contribution in [0.2, 0.25) is 0 Å². The van der Waals surface area contributed by atoms with Gasteiger partial charge < -0.3 is 4.74 Å². The molecule has 152 valence electrons. The van der Waals surface area contributed by atoms with Crippen LogP contribution in [0, 0.1) is 5.92 Å². The van der Waals surface area contributed by atoms with Gasteiger partial charge in [0.15, 0.2) is 0 Å². The largest absolute Gasteiger partial charge is 0.466 e. The lowest BCUT2D eigenvalue weighted by atomic mass is 10.1. The molecule has 0 aliphatic heterocycles. The van der Waals surface area contributed by atoms with Crippen LogP contribution in [0.3, 0.4) is 0 Å². The summed E-state index contributed by atoms with van der Waals surface area (Å²) in [7, 11) is 0. The number of rotatable bonds is 19. The van der Waals surface area contributed by atoms with E-state index in [0.717, 1.165) is 25.2 Å². The second kappa shape index (κ2) is 17.6. The molecular weight excluding hydrogens is 320 g/mol. The van der Waals surface area contributed by atoms with Gasteiger partial charge in [-0.1, -0.05) is 83.3 Å². The molecule has 0 spiro atoms. The SMILES string of the molecule is CCCCCCCCCCC/C=C/CCCCCOC(=O)CCC1CC1. The average molecular weight is 365 g/mol. The predicted octanol–water partition coefficient (Wildman–Crippen LogP) is 7.76. The predicted molar refractivity (Wildman–Crippen MR) is 112 cm³/mol. The van der Waals surface area contributed by atoms with E-state index in [2.05, 4.69) is 19.1 Å². The Morgan fingerprint density at radius 1 is 0.808 bits per heavy atom. The number of hydrogen-bond acceptors (Lipinski definition) is 2. The van der Waals surface area contributed by atoms with E-state index >= 15 is 0 Å². The molecule has 1 saturated carbocycles. The van der Waals surface area contributed by atoms with Gasteiger partial charge in [-0.25, -0.2) is 0 Å². The summed E-state index contributed by atoms with van der Waals surface area (Å²) in [4.78, 5) is 11.5. The summed E-state index contributed by atoms with van der Waals surface area (Å²) in [6.07, 6.45) is 27.5. The molecule has 2 heteroatoms. The Morgan fingerprint density at radius 3 is 1.92 bits per heavy atom. The molecule has 0 radical (unpaired) electrons. The maximum atomic E-state index is 11.5. The van der Waals surface area contributed by atoms with Crippen molar-refractivity contribution in [2.75, 3.05) is 6.61 Å². The summed E-state index contributed by atoms with van der Waals surface area (Å²) in [5.74, 6) is 0.836. The van der Waals surface area contributed by atoms with Gasteiger partial charge >= 0.3 is 5.97 Å². The van der Waals surface area contributed by atoms with Crippen LogP contribution in [-0.4, -0.2) is 12.6 Å². The van der Waals surface area contributed by atoms with Crippen molar-refractivity contribution in [3.05, 3.63) is 12.2 Å². The molecular formula is C24H44O2. The van der Waals surface area contributed by atoms with E-state index in [0.29, 0.717) is 13.0 Å². The molecule has 0 aromatic carbocycles. The molecule has 0 N–H and O–H groups in total. The van der Waals surface area contributed by atoms with Crippen LogP contribution in [0.25, 0.3) is 0 Å². The summed E-state index contributed by atoms with van der Waals surface area (Å²) in [6.45, 7) is 2.90. The van der Waals surface area contributed by atoms with E-state index in [-0.39, 0.29) is 5.97 Å². The third kappa shape index (κ3) is 16.7. The van der Waals surface area contributed by atoms with Crippen LogP contribution in [0.1, 0.15) is 122 Å². The van der Waals surface area contributed by atoms with Gasteiger partial charge in [0.05, 0.1) is 6.61 Å². The van der Waals surface area contributed by atoms with Crippen molar-refractivity contribution in [3.8, 4) is 0 Å². The maximum absolute atomic E-state index is 11.5. The first-order valence-corrected chi connectivity index (χ1v) is 11.6. The highest BCUT2D eigenvalue weighted by Crippen LogP contribution is 2.33. The van der Waals surface area contributed by atoms with Crippen molar-refractivity contribution in [2.45, 2.75) is 122 Å². The normalized spacial score (nSPS) is 14.2. The zero-order chi connectivity index (χ0) is 18.7. The van der Waals surface area contributed by atoms with E-state index in [1.165, 1.54) is 89.9 Å². The molecule has 0 unspecified atom stereocenters. The molecule has 26 heavy (non-hydrogen) atoms. The summed E-state index contributed by atoms with van der Waals surface area (Å²) < 4.78 is 5.28. The second-order valence-electron chi connectivity index (χ2n) is 8.14. The van der Waals surface area contributed by atoms with Gasteiger partial charge in [-0.2, -0.15) is 0 Å². The maximum Gasteiger partial charge on any atom is 0.305 e. The van der Waals surface area contributed by atoms with Crippen molar-refractivity contribution < 1.29 is 9.53 Å². The van der Waals surface area contributed by atoms with Crippen molar-refractivity contribution in [2.24, 2.45) is 5.92 Å². The highest BCUT2D eigenvalue weighted by molar-refractivity contribution is 5.69. The Labute approximate surface area is 163 Å². The molecule has 0 amide bonds. The fourth-order valence-corrected chi connectivity index (χ4v) is 3.34. The number of allylic oxidation sites excluding steroid dienone is 2. The van der Waals surface area contributed by atoms with E-state index in [1.807, 2.05) is 0 Å². The van der Waals surface area contributed by atoms with Gasteiger partial charge in [0, 0.05) is 6.42 Å². The van der Waals surface area contributed by atoms with Crippen LogP contribution in [0.15, 0.2) is 12.2 Å². The van der Waals surface area contributed by atoms with Gasteiger partial charge in [-0.05, 0) is 50.9 Å². The molecule has 0 heterocycles. The van der Waals surface area contributed by atoms with Crippen LogP contribution in [-0.2, 0) is 9.53 Å². The molecule has 1 fully saturated rings. The number of hydrogen-bond donors (Lipinski definition) is 0. The first-order chi connectivity index (χ1) is 12.8. The Morgan fingerprint density at radius 2 is 1.35 bits per heavy atom. The number of ether oxygens (including phenoxy) is 1. The number of carbonyl (C=O) groups excluding carboxylic acids is 1. The average Bonchev–Trinajstić information content (AvgIpc) is 3.47.